The molecule has 0 aromatic heterocycles. The molecule has 3 heteroatoms. The normalized spacial score (nSPS) is 34.2. The Morgan fingerprint density at radius 1 is 1.08 bits per heavy atom. The minimum absolute atomic E-state index is 0.294. The number of thiol groups is 1. The van der Waals surface area contributed by atoms with Gasteiger partial charge in [-0.15, -0.1) is 0 Å². The molecule has 2 aliphatic carbocycles. The van der Waals surface area contributed by atoms with Gasteiger partial charge in [0.1, 0.15) is 0 Å². The Bertz CT molecular complexity index is 195. The molecule has 2 nitrogen and oxygen atoms in total. The first-order valence-corrected chi connectivity index (χ1v) is 5.76. The fraction of sp³-hybridized carbons (Fsp3) is 0.900. The standard InChI is InChI=1S/C10H17NOS/c12-10(7-1-2-7)11-8-3-5-9(13)6-4-8/h7-9,13H,1-6H2,(H,11,12). The van der Waals surface area contributed by atoms with E-state index >= 15 is 0 Å². The molecule has 0 aromatic carbocycles. The predicted octanol–water partition coefficient (Wildman–Crippen LogP) is 1.75. The monoisotopic (exact) mass is 199 g/mol. The summed E-state index contributed by atoms with van der Waals surface area (Å²) in [4.78, 5) is 11.4. The van der Waals surface area contributed by atoms with Crippen molar-refractivity contribution in [2.45, 2.75) is 49.8 Å². The van der Waals surface area contributed by atoms with Crippen LogP contribution in [0.3, 0.4) is 0 Å². The van der Waals surface area contributed by atoms with E-state index in [1.165, 1.54) is 0 Å². The maximum Gasteiger partial charge on any atom is 0.223 e. The number of rotatable bonds is 2. The smallest absolute Gasteiger partial charge is 0.223 e. The van der Waals surface area contributed by atoms with E-state index in [-0.39, 0.29) is 0 Å². The SMILES string of the molecule is O=C(NC1CCC(S)CC1)C1CC1. The first kappa shape index (κ1) is 9.38. The van der Waals surface area contributed by atoms with Gasteiger partial charge in [0.25, 0.3) is 0 Å². The highest BCUT2D eigenvalue weighted by Crippen LogP contribution is 2.30. The lowest BCUT2D eigenvalue weighted by atomic mass is 9.95. The van der Waals surface area contributed by atoms with E-state index in [2.05, 4.69) is 17.9 Å². The molecule has 0 spiro atoms. The van der Waals surface area contributed by atoms with Crippen LogP contribution in [0.2, 0.25) is 0 Å². The Kier molecular flexibility index (Phi) is 2.82. The van der Waals surface area contributed by atoms with Gasteiger partial charge in [0, 0.05) is 17.2 Å². The van der Waals surface area contributed by atoms with Gasteiger partial charge in [-0.1, -0.05) is 0 Å². The second-order valence-electron chi connectivity index (χ2n) is 4.29. The van der Waals surface area contributed by atoms with E-state index in [9.17, 15) is 4.79 Å². The highest BCUT2D eigenvalue weighted by molar-refractivity contribution is 7.80. The minimum Gasteiger partial charge on any atom is -0.353 e. The number of carbonyl (C=O) groups is 1. The van der Waals surface area contributed by atoms with Gasteiger partial charge >= 0.3 is 0 Å². The molecule has 0 saturated heterocycles. The maximum atomic E-state index is 11.4. The van der Waals surface area contributed by atoms with Crippen molar-refractivity contribution >= 4 is 18.5 Å². The molecule has 2 saturated carbocycles. The third-order valence-electron chi connectivity index (χ3n) is 2.99. The molecule has 2 aliphatic rings. The molecule has 1 N–H and O–H groups in total. The van der Waals surface area contributed by atoms with Gasteiger partial charge in [0.2, 0.25) is 5.91 Å². The first-order valence-electron chi connectivity index (χ1n) is 5.24. The minimum atomic E-state index is 0.294. The second kappa shape index (κ2) is 3.91. The maximum absolute atomic E-state index is 11.4. The predicted molar refractivity (Wildman–Crippen MR) is 55.9 cm³/mol. The molecule has 0 unspecified atom stereocenters. The summed E-state index contributed by atoms with van der Waals surface area (Å²) in [7, 11) is 0. The first-order chi connectivity index (χ1) is 6.25. The summed E-state index contributed by atoms with van der Waals surface area (Å²) in [6, 6.07) is 0.441. The summed E-state index contributed by atoms with van der Waals surface area (Å²) >= 11 is 4.43. The van der Waals surface area contributed by atoms with Crippen molar-refractivity contribution in [3.8, 4) is 0 Å². The van der Waals surface area contributed by atoms with Crippen molar-refractivity contribution in [1.29, 1.82) is 0 Å². The Morgan fingerprint density at radius 3 is 2.23 bits per heavy atom. The Morgan fingerprint density at radius 2 is 1.69 bits per heavy atom. The fourth-order valence-corrected chi connectivity index (χ4v) is 2.18. The van der Waals surface area contributed by atoms with Crippen LogP contribution in [0.15, 0.2) is 0 Å². The van der Waals surface area contributed by atoms with E-state index in [0.717, 1.165) is 38.5 Å². The van der Waals surface area contributed by atoms with Gasteiger partial charge in [-0.05, 0) is 38.5 Å². The molecule has 1 amide bonds. The third-order valence-corrected chi connectivity index (χ3v) is 3.51. The van der Waals surface area contributed by atoms with Crippen LogP contribution in [0.5, 0.6) is 0 Å². The van der Waals surface area contributed by atoms with Gasteiger partial charge in [0.15, 0.2) is 0 Å². The molecule has 0 radical (unpaired) electrons. The molecule has 0 aliphatic heterocycles. The molecular formula is C10H17NOS. The zero-order valence-electron chi connectivity index (χ0n) is 7.83. The summed E-state index contributed by atoms with van der Waals surface area (Å²) in [6.45, 7) is 0. The van der Waals surface area contributed by atoms with Crippen molar-refractivity contribution in [1.82, 2.24) is 5.32 Å². The summed E-state index contributed by atoms with van der Waals surface area (Å²) in [6.07, 6.45) is 6.75. The van der Waals surface area contributed by atoms with E-state index < -0.39 is 0 Å². The van der Waals surface area contributed by atoms with Crippen LogP contribution >= 0.6 is 12.6 Å². The lowest BCUT2D eigenvalue weighted by Crippen LogP contribution is -2.38. The summed E-state index contributed by atoms with van der Waals surface area (Å²) in [5.74, 6) is 0.649. The van der Waals surface area contributed by atoms with Gasteiger partial charge in [-0.2, -0.15) is 12.6 Å². The van der Waals surface area contributed by atoms with Gasteiger partial charge in [-0.3, -0.25) is 4.79 Å². The van der Waals surface area contributed by atoms with Crippen molar-refractivity contribution in [3.63, 3.8) is 0 Å². The number of hydrogen-bond acceptors (Lipinski definition) is 2. The van der Waals surface area contributed by atoms with Crippen LogP contribution < -0.4 is 5.32 Å². The number of carbonyl (C=O) groups excluding carboxylic acids is 1. The molecular weight excluding hydrogens is 182 g/mol. The zero-order chi connectivity index (χ0) is 9.26. The number of nitrogens with one attached hydrogen (secondary N) is 1. The highest BCUT2D eigenvalue weighted by atomic mass is 32.1. The quantitative estimate of drug-likeness (QED) is 0.652. The Hall–Kier alpha value is -0.180. The van der Waals surface area contributed by atoms with E-state index in [1.54, 1.807) is 0 Å². The second-order valence-corrected chi connectivity index (χ2v) is 5.02. The van der Waals surface area contributed by atoms with E-state index in [0.29, 0.717) is 23.1 Å². The largest absolute Gasteiger partial charge is 0.353 e. The molecule has 2 rings (SSSR count). The van der Waals surface area contributed by atoms with Crippen LogP contribution in [0, 0.1) is 5.92 Å². The van der Waals surface area contributed by atoms with Crippen molar-refractivity contribution in [2.24, 2.45) is 5.92 Å². The van der Waals surface area contributed by atoms with Crippen LogP contribution in [0.25, 0.3) is 0 Å². The average molecular weight is 199 g/mol. The van der Waals surface area contributed by atoms with Crippen LogP contribution in [0.1, 0.15) is 38.5 Å². The average Bonchev–Trinajstić information content (AvgIpc) is 2.91. The van der Waals surface area contributed by atoms with E-state index in [4.69, 9.17) is 0 Å². The summed E-state index contributed by atoms with van der Waals surface area (Å²) in [5, 5.41) is 3.69. The van der Waals surface area contributed by atoms with Crippen LogP contribution in [-0.2, 0) is 4.79 Å². The summed E-state index contributed by atoms with van der Waals surface area (Å²) < 4.78 is 0. The molecule has 0 heterocycles. The Balaban J connectivity index is 1.72. The fourth-order valence-electron chi connectivity index (χ4n) is 1.88. The third kappa shape index (κ3) is 2.63. The Labute approximate surface area is 84.9 Å². The zero-order valence-corrected chi connectivity index (χ0v) is 8.72. The summed E-state index contributed by atoms with van der Waals surface area (Å²) in [5.41, 5.74) is 0. The van der Waals surface area contributed by atoms with Gasteiger partial charge < -0.3 is 5.32 Å². The molecule has 74 valence electrons. The number of hydrogen-bond donors (Lipinski definition) is 2. The topological polar surface area (TPSA) is 29.1 Å². The lowest BCUT2D eigenvalue weighted by Gasteiger charge is -2.26. The lowest BCUT2D eigenvalue weighted by molar-refractivity contribution is -0.123. The van der Waals surface area contributed by atoms with Crippen LogP contribution in [0.4, 0.5) is 0 Å². The van der Waals surface area contributed by atoms with E-state index in [1.807, 2.05) is 0 Å². The highest BCUT2D eigenvalue weighted by Gasteiger charge is 2.31. The molecule has 0 atom stereocenters. The van der Waals surface area contributed by atoms with Crippen molar-refractivity contribution < 1.29 is 4.79 Å². The molecule has 13 heavy (non-hydrogen) atoms. The van der Waals surface area contributed by atoms with Gasteiger partial charge in [-0.25, -0.2) is 0 Å². The molecule has 0 aromatic rings. The van der Waals surface area contributed by atoms with Crippen LogP contribution in [-0.4, -0.2) is 17.2 Å². The van der Waals surface area contributed by atoms with Crippen molar-refractivity contribution in [3.05, 3.63) is 0 Å². The molecule has 2 fully saturated rings. The number of amides is 1. The van der Waals surface area contributed by atoms with Gasteiger partial charge in [0.05, 0.1) is 0 Å². The molecule has 0 bridgehead atoms. The van der Waals surface area contributed by atoms with Crippen molar-refractivity contribution in [2.75, 3.05) is 0 Å².